The summed E-state index contributed by atoms with van der Waals surface area (Å²) in [4.78, 5) is 19.8. The van der Waals surface area contributed by atoms with Crippen molar-refractivity contribution in [3.8, 4) is 11.5 Å². The van der Waals surface area contributed by atoms with E-state index in [2.05, 4.69) is 9.98 Å². The molecule has 4 rings (SSSR count). The monoisotopic (exact) mass is 397 g/mol. The third-order valence-electron chi connectivity index (χ3n) is 4.79. The molecule has 0 N–H and O–H groups in total. The summed E-state index contributed by atoms with van der Waals surface area (Å²) in [5.41, 5.74) is 5.88. The number of fused-ring (bicyclic) bond motifs is 1. The number of para-hydroxylation sites is 1. The molecular weight excluding hydrogens is 378 g/mol. The van der Waals surface area contributed by atoms with E-state index in [1.807, 2.05) is 50.2 Å². The van der Waals surface area contributed by atoms with Crippen LogP contribution in [0.15, 0.2) is 76.1 Å². The van der Waals surface area contributed by atoms with Gasteiger partial charge in [-0.05, 0) is 67.5 Å². The predicted molar refractivity (Wildman–Crippen MR) is 119 cm³/mol. The fourth-order valence-electron chi connectivity index (χ4n) is 3.21. The van der Waals surface area contributed by atoms with E-state index in [0.29, 0.717) is 11.5 Å². The van der Waals surface area contributed by atoms with Gasteiger partial charge in [-0.25, -0.2) is 4.98 Å². The van der Waals surface area contributed by atoms with Crippen LogP contribution in [-0.2, 0) is 0 Å². The van der Waals surface area contributed by atoms with E-state index in [4.69, 9.17) is 4.42 Å². The fourth-order valence-corrected chi connectivity index (χ4v) is 3.21. The molecule has 0 aliphatic carbocycles. The van der Waals surface area contributed by atoms with Gasteiger partial charge in [0.05, 0.1) is 16.2 Å². The first-order chi connectivity index (χ1) is 14.5. The van der Waals surface area contributed by atoms with Crippen LogP contribution < -0.4 is 0 Å². The minimum Gasteiger partial charge on any atom is -0.436 e. The third kappa shape index (κ3) is 3.89. The summed E-state index contributed by atoms with van der Waals surface area (Å²) in [5.74, 6) is 0.556. The van der Waals surface area contributed by atoms with Crippen molar-refractivity contribution < 1.29 is 9.34 Å². The molecule has 0 aliphatic heterocycles. The Bertz CT molecular complexity index is 1300. The SMILES string of the molecule is Cc1ccc2oc(-c3cccc(N=CC=Cc4ccccc4[N+](=O)[O-])c3C)nc2c1. The number of benzene rings is 3. The first-order valence-corrected chi connectivity index (χ1v) is 9.44. The second kappa shape index (κ2) is 8.13. The van der Waals surface area contributed by atoms with Gasteiger partial charge >= 0.3 is 0 Å². The van der Waals surface area contributed by atoms with Gasteiger partial charge in [-0.15, -0.1) is 0 Å². The van der Waals surface area contributed by atoms with E-state index >= 15 is 0 Å². The maximum atomic E-state index is 11.1. The van der Waals surface area contributed by atoms with E-state index in [1.54, 1.807) is 36.6 Å². The normalized spacial score (nSPS) is 11.7. The third-order valence-corrected chi connectivity index (χ3v) is 4.79. The first kappa shape index (κ1) is 19.3. The Balaban J connectivity index is 1.61. The van der Waals surface area contributed by atoms with Gasteiger partial charge in [-0.3, -0.25) is 15.1 Å². The molecule has 6 heteroatoms. The summed E-state index contributed by atoms with van der Waals surface area (Å²) >= 11 is 0. The number of hydrogen-bond donors (Lipinski definition) is 0. The van der Waals surface area contributed by atoms with Crippen molar-refractivity contribution in [3.63, 3.8) is 0 Å². The van der Waals surface area contributed by atoms with E-state index in [1.165, 1.54) is 6.07 Å². The molecule has 30 heavy (non-hydrogen) atoms. The summed E-state index contributed by atoms with van der Waals surface area (Å²) in [7, 11) is 0. The Labute approximate surface area is 173 Å². The highest BCUT2D eigenvalue weighted by Gasteiger charge is 2.12. The van der Waals surface area contributed by atoms with E-state index in [9.17, 15) is 10.1 Å². The molecule has 0 fully saturated rings. The molecule has 3 aromatic carbocycles. The maximum absolute atomic E-state index is 11.1. The maximum Gasteiger partial charge on any atom is 0.276 e. The summed E-state index contributed by atoms with van der Waals surface area (Å²) in [6, 6.07) is 18.3. The van der Waals surface area contributed by atoms with Crippen LogP contribution >= 0.6 is 0 Å². The number of nitro groups is 1. The summed E-state index contributed by atoms with van der Waals surface area (Å²) in [6.07, 6.45) is 4.99. The minimum absolute atomic E-state index is 0.0616. The highest BCUT2D eigenvalue weighted by molar-refractivity contribution is 5.83. The van der Waals surface area contributed by atoms with Crippen molar-refractivity contribution in [1.29, 1.82) is 0 Å². The summed E-state index contributed by atoms with van der Waals surface area (Å²) in [6.45, 7) is 3.99. The highest BCUT2D eigenvalue weighted by Crippen LogP contribution is 2.32. The number of rotatable bonds is 5. The second-order valence-corrected chi connectivity index (χ2v) is 6.89. The standard InChI is InChI=1S/C24H19N3O3/c1-16-12-13-23-21(15-16)26-24(30-23)19-9-5-10-20(17(19)2)25-14-6-8-18-7-3-4-11-22(18)27(28)29/h3-15H,1-2H3. The molecule has 0 spiro atoms. The van der Waals surface area contributed by atoms with Gasteiger partial charge in [0.2, 0.25) is 5.89 Å². The van der Waals surface area contributed by atoms with Gasteiger partial charge in [-0.1, -0.05) is 24.3 Å². The zero-order chi connectivity index (χ0) is 21.1. The van der Waals surface area contributed by atoms with Crippen LogP contribution in [0.4, 0.5) is 11.4 Å². The molecule has 6 nitrogen and oxygen atoms in total. The largest absolute Gasteiger partial charge is 0.436 e. The molecule has 0 amide bonds. The predicted octanol–water partition coefficient (Wildman–Crippen LogP) is 6.44. The van der Waals surface area contributed by atoms with Crippen molar-refractivity contribution in [2.45, 2.75) is 13.8 Å². The second-order valence-electron chi connectivity index (χ2n) is 6.89. The molecule has 0 saturated heterocycles. The zero-order valence-corrected chi connectivity index (χ0v) is 16.6. The molecule has 148 valence electrons. The summed E-state index contributed by atoms with van der Waals surface area (Å²) < 4.78 is 5.92. The topological polar surface area (TPSA) is 81.5 Å². The van der Waals surface area contributed by atoms with Crippen LogP contribution in [0.5, 0.6) is 0 Å². The molecule has 1 aromatic heterocycles. The van der Waals surface area contributed by atoms with Crippen LogP contribution in [0, 0.1) is 24.0 Å². The lowest BCUT2D eigenvalue weighted by atomic mass is 10.1. The molecule has 0 bridgehead atoms. The number of nitrogens with zero attached hydrogens (tertiary/aromatic N) is 3. The average molecular weight is 397 g/mol. The number of nitro benzene ring substituents is 1. The average Bonchev–Trinajstić information content (AvgIpc) is 3.15. The van der Waals surface area contributed by atoms with Crippen molar-refractivity contribution in [2.75, 3.05) is 0 Å². The van der Waals surface area contributed by atoms with Gasteiger partial charge in [-0.2, -0.15) is 0 Å². The lowest BCUT2D eigenvalue weighted by molar-refractivity contribution is -0.385. The van der Waals surface area contributed by atoms with Crippen LogP contribution in [-0.4, -0.2) is 16.1 Å². The van der Waals surface area contributed by atoms with Gasteiger partial charge in [0, 0.05) is 17.8 Å². The number of allylic oxidation sites excluding steroid dienone is 1. The minimum atomic E-state index is -0.397. The van der Waals surface area contributed by atoms with Gasteiger partial charge in [0.1, 0.15) is 5.52 Å². The van der Waals surface area contributed by atoms with E-state index in [0.717, 1.165) is 33.5 Å². The first-order valence-electron chi connectivity index (χ1n) is 9.44. The van der Waals surface area contributed by atoms with Gasteiger partial charge < -0.3 is 4.42 Å². The van der Waals surface area contributed by atoms with Crippen molar-refractivity contribution in [1.82, 2.24) is 4.98 Å². The Morgan fingerprint density at radius 3 is 2.73 bits per heavy atom. The molecule has 0 unspecified atom stereocenters. The molecular formula is C24H19N3O3. The van der Waals surface area contributed by atoms with Crippen LogP contribution in [0.25, 0.3) is 28.6 Å². The Hall–Kier alpha value is -4.06. The van der Waals surface area contributed by atoms with Crippen molar-refractivity contribution in [3.05, 3.63) is 93.5 Å². The lowest BCUT2D eigenvalue weighted by Crippen LogP contribution is -1.90. The number of aromatic nitrogens is 1. The van der Waals surface area contributed by atoms with Gasteiger partial charge in [0.15, 0.2) is 5.58 Å². The van der Waals surface area contributed by atoms with E-state index < -0.39 is 4.92 Å². The van der Waals surface area contributed by atoms with Gasteiger partial charge in [0.25, 0.3) is 5.69 Å². The molecule has 0 atom stereocenters. The number of oxazole rings is 1. The van der Waals surface area contributed by atoms with Crippen LogP contribution in [0.3, 0.4) is 0 Å². The molecule has 1 heterocycles. The van der Waals surface area contributed by atoms with Crippen molar-refractivity contribution >= 4 is 34.8 Å². The highest BCUT2D eigenvalue weighted by atomic mass is 16.6. The molecule has 0 aliphatic rings. The summed E-state index contributed by atoms with van der Waals surface area (Å²) in [5, 5.41) is 11.1. The Morgan fingerprint density at radius 2 is 1.90 bits per heavy atom. The quantitative estimate of drug-likeness (QED) is 0.220. The number of aryl methyl sites for hydroxylation is 1. The number of aliphatic imine (C=N–C) groups is 1. The molecule has 0 radical (unpaired) electrons. The Kier molecular flexibility index (Phi) is 5.22. The zero-order valence-electron chi connectivity index (χ0n) is 16.6. The van der Waals surface area contributed by atoms with Crippen molar-refractivity contribution in [2.24, 2.45) is 4.99 Å². The molecule has 4 aromatic rings. The number of hydrogen-bond acceptors (Lipinski definition) is 5. The van der Waals surface area contributed by atoms with E-state index in [-0.39, 0.29) is 5.69 Å². The lowest BCUT2D eigenvalue weighted by Gasteiger charge is -2.04. The van der Waals surface area contributed by atoms with Crippen LogP contribution in [0.1, 0.15) is 16.7 Å². The smallest absolute Gasteiger partial charge is 0.276 e. The Morgan fingerprint density at radius 1 is 1.07 bits per heavy atom. The molecule has 0 saturated carbocycles. The van der Waals surface area contributed by atoms with Crippen LogP contribution in [0.2, 0.25) is 0 Å². The fraction of sp³-hybridized carbons (Fsp3) is 0.0833.